The molecule has 0 radical (unpaired) electrons. The van der Waals surface area contributed by atoms with Gasteiger partial charge in [-0.3, -0.25) is 14.5 Å². The van der Waals surface area contributed by atoms with Gasteiger partial charge < -0.3 is 10.2 Å². The normalized spacial score (nSPS) is 24.1. The van der Waals surface area contributed by atoms with Crippen molar-refractivity contribution in [1.82, 2.24) is 10.2 Å². The molecule has 174 valence electrons. The number of urea groups is 1. The molecule has 2 aliphatic heterocycles. The Balaban J connectivity index is 1.62. The molecule has 2 saturated heterocycles. The zero-order chi connectivity index (χ0) is 23.8. The molecular formula is C23H24FN3O5S. The Morgan fingerprint density at radius 1 is 1.15 bits per heavy atom. The summed E-state index contributed by atoms with van der Waals surface area (Å²) in [7, 11) is -3.28. The van der Waals surface area contributed by atoms with Gasteiger partial charge in [0.15, 0.2) is 9.84 Å². The third-order valence-electron chi connectivity index (χ3n) is 6.21. The molecule has 4 amide bonds. The van der Waals surface area contributed by atoms with Gasteiger partial charge in [0.2, 0.25) is 5.91 Å². The Morgan fingerprint density at radius 2 is 1.82 bits per heavy atom. The minimum Gasteiger partial charge on any atom is -0.319 e. The fourth-order valence-electron chi connectivity index (χ4n) is 4.48. The van der Waals surface area contributed by atoms with Crippen molar-refractivity contribution >= 4 is 33.4 Å². The maximum atomic E-state index is 13.4. The number of nitrogens with one attached hydrogen (secondary N) is 1. The highest BCUT2D eigenvalue weighted by Crippen LogP contribution is 2.33. The lowest BCUT2D eigenvalue weighted by Crippen LogP contribution is -2.49. The van der Waals surface area contributed by atoms with Crippen molar-refractivity contribution in [2.24, 2.45) is 0 Å². The molecule has 2 aromatic carbocycles. The van der Waals surface area contributed by atoms with Crippen molar-refractivity contribution in [2.45, 2.75) is 31.3 Å². The van der Waals surface area contributed by atoms with E-state index >= 15 is 0 Å². The van der Waals surface area contributed by atoms with Crippen LogP contribution in [-0.2, 0) is 25.0 Å². The lowest BCUT2D eigenvalue weighted by Gasteiger charge is -2.30. The first-order chi connectivity index (χ1) is 15.7. The molecule has 0 spiro atoms. The molecule has 2 fully saturated rings. The Kier molecular flexibility index (Phi) is 5.96. The van der Waals surface area contributed by atoms with E-state index < -0.39 is 51.6 Å². The molecular weight excluding hydrogens is 449 g/mol. The SMILES string of the molecule is CC[C@@]1(c2ccc(F)cc2)NC(=O)N(CC(=O)N(c2ccccc2)[C@@H]2CCS(=O)(=O)C2)C1=O. The fourth-order valence-corrected chi connectivity index (χ4v) is 6.18. The molecule has 10 heteroatoms. The Morgan fingerprint density at radius 3 is 2.39 bits per heavy atom. The number of benzene rings is 2. The summed E-state index contributed by atoms with van der Waals surface area (Å²) in [6.45, 7) is 1.17. The van der Waals surface area contributed by atoms with Crippen LogP contribution in [0.3, 0.4) is 0 Å². The number of carbonyl (C=O) groups is 3. The molecule has 0 aliphatic carbocycles. The number of hydrogen-bond acceptors (Lipinski definition) is 5. The summed E-state index contributed by atoms with van der Waals surface area (Å²) < 4.78 is 37.5. The molecule has 1 N–H and O–H groups in total. The molecule has 2 aliphatic rings. The van der Waals surface area contributed by atoms with Crippen LogP contribution >= 0.6 is 0 Å². The lowest BCUT2D eigenvalue weighted by molar-refractivity contribution is -0.134. The third-order valence-corrected chi connectivity index (χ3v) is 7.96. The van der Waals surface area contributed by atoms with E-state index in [1.807, 2.05) is 0 Å². The van der Waals surface area contributed by atoms with Crippen LogP contribution in [0, 0.1) is 5.82 Å². The van der Waals surface area contributed by atoms with E-state index in [0.717, 1.165) is 4.90 Å². The van der Waals surface area contributed by atoms with Gasteiger partial charge in [0.25, 0.3) is 5.91 Å². The first-order valence-corrected chi connectivity index (χ1v) is 12.5. The average molecular weight is 474 g/mol. The van der Waals surface area contributed by atoms with Gasteiger partial charge in [0, 0.05) is 5.69 Å². The van der Waals surface area contributed by atoms with Crippen LogP contribution in [0.25, 0.3) is 0 Å². The van der Waals surface area contributed by atoms with E-state index in [2.05, 4.69) is 5.32 Å². The predicted molar refractivity (Wildman–Crippen MR) is 120 cm³/mol. The number of sulfone groups is 1. The summed E-state index contributed by atoms with van der Waals surface area (Å²) in [5.74, 6) is -1.85. The number of para-hydroxylation sites is 1. The van der Waals surface area contributed by atoms with Crippen LogP contribution in [-0.4, -0.2) is 55.3 Å². The minimum atomic E-state index is -3.28. The number of nitrogens with zero attached hydrogens (tertiary/aromatic N) is 2. The highest BCUT2D eigenvalue weighted by Gasteiger charge is 2.52. The largest absolute Gasteiger partial charge is 0.325 e. The van der Waals surface area contributed by atoms with Crippen molar-refractivity contribution in [3.05, 3.63) is 66.0 Å². The van der Waals surface area contributed by atoms with E-state index in [0.29, 0.717) is 11.3 Å². The Bertz CT molecular complexity index is 1190. The van der Waals surface area contributed by atoms with E-state index in [1.165, 1.54) is 29.2 Å². The summed E-state index contributed by atoms with van der Waals surface area (Å²) in [4.78, 5) is 41.7. The number of carbonyl (C=O) groups excluding carboxylic acids is 3. The molecule has 0 bridgehead atoms. The first-order valence-electron chi connectivity index (χ1n) is 10.6. The van der Waals surface area contributed by atoms with Crippen LogP contribution in [0.15, 0.2) is 54.6 Å². The zero-order valence-electron chi connectivity index (χ0n) is 18.0. The number of imide groups is 1. The van der Waals surface area contributed by atoms with Crippen LogP contribution in [0.1, 0.15) is 25.3 Å². The molecule has 0 unspecified atom stereocenters. The molecule has 33 heavy (non-hydrogen) atoms. The van der Waals surface area contributed by atoms with Gasteiger partial charge in [-0.05, 0) is 42.7 Å². The van der Waals surface area contributed by atoms with Crippen LogP contribution in [0.5, 0.6) is 0 Å². The van der Waals surface area contributed by atoms with Gasteiger partial charge in [0.1, 0.15) is 17.9 Å². The molecule has 8 nitrogen and oxygen atoms in total. The van der Waals surface area contributed by atoms with Gasteiger partial charge in [0.05, 0.1) is 17.5 Å². The molecule has 2 heterocycles. The van der Waals surface area contributed by atoms with Crippen molar-refractivity contribution in [3.63, 3.8) is 0 Å². The summed E-state index contributed by atoms with van der Waals surface area (Å²) >= 11 is 0. The van der Waals surface area contributed by atoms with Crippen LogP contribution in [0.4, 0.5) is 14.9 Å². The fraction of sp³-hybridized carbons (Fsp3) is 0.348. The Hall–Kier alpha value is -3.27. The quantitative estimate of drug-likeness (QED) is 0.648. The summed E-state index contributed by atoms with van der Waals surface area (Å²) in [5, 5.41) is 2.67. The summed E-state index contributed by atoms with van der Waals surface area (Å²) in [6.07, 6.45) is 0.481. The first kappa shape index (κ1) is 22.9. The van der Waals surface area contributed by atoms with Gasteiger partial charge in [-0.1, -0.05) is 37.3 Å². The van der Waals surface area contributed by atoms with Crippen molar-refractivity contribution in [2.75, 3.05) is 23.0 Å². The smallest absolute Gasteiger partial charge is 0.319 e. The van der Waals surface area contributed by atoms with Crippen molar-refractivity contribution in [3.8, 4) is 0 Å². The summed E-state index contributed by atoms with van der Waals surface area (Å²) in [6, 6.07) is 12.6. The highest BCUT2D eigenvalue weighted by molar-refractivity contribution is 7.91. The van der Waals surface area contributed by atoms with Crippen molar-refractivity contribution in [1.29, 1.82) is 0 Å². The minimum absolute atomic E-state index is 0.0269. The number of rotatable bonds is 6. The molecule has 2 atom stereocenters. The summed E-state index contributed by atoms with van der Waals surface area (Å²) in [5.41, 5.74) is -0.488. The van der Waals surface area contributed by atoms with Gasteiger partial charge in [-0.15, -0.1) is 0 Å². The second-order valence-corrected chi connectivity index (χ2v) is 10.5. The third kappa shape index (κ3) is 4.22. The molecule has 2 aromatic rings. The van der Waals surface area contributed by atoms with Crippen LogP contribution < -0.4 is 10.2 Å². The number of amides is 4. The molecule has 0 aromatic heterocycles. The topological polar surface area (TPSA) is 104 Å². The maximum absolute atomic E-state index is 13.4. The molecule has 4 rings (SSSR count). The monoisotopic (exact) mass is 473 g/mol. The van der Waals surface area contributed by atoms with E-state index in [1.54, 1.807) is 37.3 Å². The number of hydrogen-bond donors (Lipinski definition) is 1. The predicted octanol–water partition coefficient (Wildman–Crippen LogP) is 2.20. The second-order valence-electron chi connectivity index (χ2n) is 8.24. The molecule has 0 saturated carbocycles. The Labute approximate surface area is 191 Å². The van der Waals surface area contributed by atoms with Crippen molar-refractivity contribution < 1.29 is 27.2 Å². The maximum Gasteiger partial charge on any atom is 0.325 e. The second kappa shape index (κ2) is 8.58. The standard InChI is InChI=1S/C23H24FN3O5S/c1-2-23(16-8-10-17(24)11-9-16)21(29)26(22(30)25-23)14-20(28)27(18-6-4-3-5-7-18)19-12-13-33(31,32)15-19/h3-11,19H,2,12-15H2,1H3,(H,25,30)/t19-,23+/m1/s1. The average Bonchev–Trinajstić information content (AvgIpc) is 3.26. The van der Waals surface area contributed by atoms with E-state index in [4.69, 9.17) is 0 Å². The van der Waals surface area contributed by atoms with E-state index in [9.17, 15) is 27.2 Å². The van der Waals surface area contributed by atoms with Gasteiger partial charge in [-0.2, -0.15) is 0 Å². The zero-order valence-corrected chi connectivity index (χ0v) is 18.8. The van der Waals surface area contributed by atoms with Gasteiger partial charge >= 0.3 is 6.03 Å². The number of anilines is 1. The van der Waals surface area contributed by atoms with Gasteiger partial charge in [-0.25, -0.2) is 17.6 Å². The van der Waals surface area contributed by atoms with Crippen LogP contribution in [0.2, 0.25) is 0 Å². The highest BCUT2D eigenvalue weighted by atomic mass is 32.2. The lowest BCUT2D eigenvalue weighted by atomic mass is 9.87. The number of halogens is 1. The van der Waals surface area contributed by atoms with E-state index in [-0.39, 0.29) is 24.3 Å².